The van der Waals surface area contributed by atoms with Gasteiger partial charge in [0.15, 0.2) is 0 Å². The summed E-state index contributed by atoms with van der Waals surface area (Å²) in [6.07, 6.45) is 1.32. The smallest absolute Gasteiger partial charge is 0.235 e. The lowest BCUT2D eigenvalue weighted by Crippen LogP contribution is -2.43. The first-order valence-corrected chi connectivity index (χ1v) is 7.07. The van der Waals surface area contributed by atoms with Crippen molar-refractivity contribution in [2.24, 2.45) is 0 Å². The van der Waals surface area contributed by atoms with Gasteiger partial charge in [0, 0.05) is 19.6 Å². The molecule has 2 rings (SSSR count). The van der Waals surface area contributed by atoms with E-state index >= 15 is 0 Å². The Bertz CT molecular complexity index is 362. The summed E-state index contributed by atoms with van der Waals surface area (Å²) in [6, 6.07) is 0. The minimum atomic E-state index is -3.31. The van der Waals surface area contributed by atoms with Crippen LogP contribution in [0.25, 0.3) is 0 Å². The van der Waals surface area contributed by atoms with E-state index in [-0.39, 0.29) is 17.7 Å². The molecular formula is C9H17N3O3S. The van der Waals surface area contributed by atoms with Crippen molar-refractivity contribution >= 4 is 15.9 Å². The molecule has 1 atom stereocenters. The van der Waals surface area contributed by atoms with Crippen LogP contribution in [0.4, 0.5) is 0 Å². The van der Waals surface area contributed by atoms with Gasteiger partial charge in [-0.1, -0.05) is 0 Å². The molecule has 0 bridgehead atoms. The summed E-state index contributed by atoms with van der Waals surface area (Å²) < 4.78 is 25.7. The van der Waals surface area contributed by atoms with Gasteiger partial charge in [0.25, 0.3) is 0 Å². The van der Waals surface area contributed by atoms with Crippen LogP contribution in [0.3, 0.4) is 0 Å². The highest BCUT2D eigenvalue weighted by Crippen LogP contribution is 2.16. The first-order valence-electron chi connectivity index (χ1n) is 5.57. The van der Waals surface area contributed by atoms with Crippen LogP contribution in [0.2, 0.25) is 0 Å². The molecule has 7 heteroatoms. The second-order valence-corrected chi connectivity index (χ2v) is 6.41. The fraction of sp³-hybridized carbons (Fsp3) is 0.889. The van der Waals surface area contributed by atoms with E-state index < -0.39 is 10.0 Å². The Morgan fingerprint density at radius 3 is 2.81 bits per heavy atom. The Kier molecular flexibility index (Phi) is 3.46. The van der Waals surface area contributed by atoms with Gasteiger partial charge in [-0.2, -0.15) is 4.31 Å². The molecule has 0 saturated carbocycles. The first-order chi connectivity index (χ1) is 7.60. The molecule has 0 aliphatic carbocycles. The summed E-state index contributed by atoms with van der Waals surface area (Å²) in [5, 5.41) is 5.35. The van der Waals surface area contributed by atoms with Gasteiger partial charge >= 0.3 is 0 Å². The molecule has 2 aliphatic rings. The van der Waals surface area contributed by atoms with Gasteiger partial charge in [-0.05, 0) is 19.4 Å². The zero-order valence-electron chi connectivity index (χ0n) is 9.11. The number of nitrogens with one attached hydrogen (secondary N) is 2. The maximum absolute atomic E-state index is 12.2. The van der Waals surface area contributed by atoms with Crippen LogP contribution in [0, 0.1) is 0 Å². The molecule has 2 fully saturated rings. The third-order valence-corrected chi connectivity index (χ3v) is 5.30. The third kappa shape index (κ3) is 2.36. The van der Waals surface area contributed by atoms with E-state index in [1.165, 1.54) is 4.31 Å². The predicted octanol–water partition coefficient (Wildman–Crippen LogP) is -1.50. The Balaban J connectivity index is 2.11. The summed E-state index contributed by atoms with van der Waals surface area (Å²) >= 11 is 0. The Labute approximate surface area is 95.4 Å². The van der Waals surface area contributed by atoms with E-state index in [9.17, 15) is 13.2 Å². The second-order valence-electron chi connectivity index (χ2n) is 4.20. The largest absolute Gasteiger partial charge is 0.355 e. The van der Waals surface area contributed by atoms with Crippen molar-refractivity contribution < 1.29 is 13.2 Å². The third-order valence-electron chi connectivity index (χ3n) is 3.02. The Hall–Kier alpha value is -0.660. The van der Waals surface area contributed by atoms with Crippen LogP contribution in [0.15, 0.2) is 0 Å². The zero-order chi connectivity index (χ0) is 11.6. The number of carbonyl (C=O) groups excluding carboxylic acids is 1. The number of hydrogen-bond acceptors (Lipinski definition) is 4. The van der Waals surface area contributed by atoms with Crippen LogP contribution in [0.1, 0.15) is 12.8 Å². The van der Waals surface area contributed by atoms with E-state index in [1.54, 1.807) is 0 Å². The van der Waals surface area contributed by atoms with Crippen molar-refractivity contribution in [2.45, 2.75) is 18.1 Å². The van der Waals surface area contributed by atoms with Gasteiger partial charge in [-0.15, -0.1) is 0 Å². The predicted molar refractivity (Wildman–Crippen MR) is 59.4 cm³/mol. The van der Waals surface area contributed by atoms with Crippen molar-refractivity contribution in [1.82, 2.24) is 14.9 Å². The van der Waals surface area contributed by atoms with Crippen LogP contribution in [-0.2, 0) is 14.8 Å². The van der Waals surface area contributed by atoms with E-state index in [2.05, 4.69) is 10.6 Å². The van der Waals surface area contributed by atoms with Crippen molar-refractivity contribution in [3.8, 4) is 0 Å². The van der Waals surface area contributed by atoms with Crippen molar-refractivity contribution in [3.05, 3.63) is 0 Å². The molecule has 0 aromatic heterocycles. The van der Waals surface area contributed by atoms with E-state index in [0.717, 1.165) is 6.54 Å². The summed E-state index contributed by atoms with van der Waals surface area (Å²) in [7, 11) is -3.31. The molecule has 0 radical (unpaired) electrons. The summed E-state index contributed by atoms with van der Waals surface area (Å²) in [6.45, 7) is 2.22. The number of amides is 1. The zero-order valence-corrected chi connectivity index (χ0v) is 9.92. The molecule has 0 spiro atoms. The molecule has 2 aliphatic heterocycles. The van der Waals surface area contributed by atoms with Crippen molar-refractivity contribution in [3.63, 3.8) is 0 Å². The molecular weight excluding hydrogens is 230 g/mol. The fourth-order valence-electron chi connectivity index (χ4n) is 2.09. The minimum Gasteiger partial charge on any atom is -0.355 e. The van der Waals surface area contributed by atoms with Crippen LogP contribution in [-0.4, -0.2) is 56.6 Å². The van der Waals surface area contributed by atoms with Crippen LogP contribution < -0.4 is 10.6 Å². The molecule has 0 aromatic carbocycles. The van der Waals surface area contributed by atoms with Gasteiger partial charge in [-0.25, -0.2) is 8.42 Å². The van der Waals surface area contributed by atoms with E-state index in [4.69, 9.17) is 0 Å². The van der Waals surface area contributed by atoms with Gasteiger partial charge in [0.1, 0.15) is 0 Å². The highest BCUT2D eigenvalue weighted by molar-refractivity contribution is 7.89. The number of sulfonamides is 1. The van der Waals surface area contributed by atoms with Gasteiger partial charge in [0.05, 0.1) is 11.8 Å². The number of nitrogens with zero attached hydrogens (tertiary/aromatic N) is 1. The van der Waals surface area contributed by atoms with Gasteiger partial charge < -0.3 is 10.6 Å². The summed E-state index contributed by atoms with van der Waals surface area (Å²) in [4.78, 5) is 11.3. The molecule has 6 nitrogen and oxygen atoms in total. The summed E-state index contributed by atoms with van der Waals surface area (Å²) in [5.41, 5.74) is 0. The molecule has 0 aromatic rings. The lowest BCUT2D eigenvalue weighted by atomic mass is 10.4. The number of carbonyl (C=O) groups is 1. The number of rotatable bonds is 2. The molecule has 2 heterocycles. The standard InChI is InChI=1S/C9H17N3O3S/c13-9-7-12(5-1-3-11-9)16(14,15)8-2-4-10-6-8/h8,10H,1-7H2,(H,11,13). The number of hydrogen-bond donors (Lipinski definition) is 2. The molecule has 1 unspecified atom stereocenters. The molecule has 2 N–H and O–H groups in total. The molecule has 2 saturated heterocycles. The fourth-order valence-corrected chi connectivity index (χ4v) is 3.94. The topological polar surface area (TPSA) is 78.5 Å². The van der Waals surface area contributed by atoms with Crippen molar-refractivity contribution in [1.29, 1.82) is 0 Å². The minimum absolute atomic E-state index is 0.0289. The van der Waals surface area contributed by atoms with Crippen LogP contribution >= 0.6 is 0 Å². The lowest BCUT2D eigenvalue weighted by molar-refractivity contribution is -0.120. The highest BCUT2D eigenvalue weighted by Gasteiger charge is 2.35. The average molecular weight is 247 g/mol. The quantitative estimate of drug-likeness (QED) is 0.622. The summed E-state index contributed by atoms with van der Waals surface area (Å²) in [5.74, 6) is -0.202. The Morgan fingerprint density at radius 2 is 2.12 bits per heavy atom. The lowest BCUT2D eigenvalue weighted by Gasteiger charge is -2.22. The monoisotopic (exact) mass is 247 g/mol. The highest BCUT2D eigenvalue weighted by atomic mass is 32.2. The maximum Gasteiger partial charge on any atom is 0.235 e. The molecule has 92 valence electrons. The second kappa shape index (κ2) is 4.68. The van der Waals surface area contributed by atoms with Crippen LogP contribution in [0.5, 0.6) is 0 Å². The molecule has 1 amide bonds. The van der Waals surface area contributed by atoms with Crippen molar-refractivity contribution in [2.75, 3.05) is 32.7 Å². The van der Waals surface area contributed by atoms with Gasteiger partial charge in [0.2, 0.25) is 15.9 Å². The first kappa shape index (κ1) is 11.8. The SMILES string of the molecule is O=C1CN(S(=O)(=O)C2CCNC2)CCCN1. The average Bonchev–Trinajstić information content (AvgIpc) is 2.68. The normalized spacial score (nSPS) is 28.8. The maximum atomic E-state index is 12.2. The van der Waals surface area contributed by atoms with Gasteiger partial charge in [-0.3, -0.25) is 4.79 Å². The molecule has 16 heavy (non-hydrogen) atoms. The van der Waals surface area contributed by atoms with E-state index in [1.807, 2.05) is 0 Å². The Morgan fingerprint density at radius 1 is 1.31 bits per heavy atom. The van der Waals surface area contributed by atoms with E-state index in [0.29, 0.717) is 32.5 Å².